The van der Waals surface area contributed by atoms with Crippen LogP contribution in [-0.4, -0.2) is 17.4 Å². The van der Waals surface area contributed by atoms with Gasteiger partial charge >= 0.3 is 5.97 Å². The summed E-state index contributed by atoms with van der Waals surface area (Å²) in [5.74, 6) is 0.148. The van der Waals surface area contributed by atoms with E-state index in [1.54, 1.807) is 36.4 Å². The fourth-order valence-corrected chi connectivity index (χ4v) is 2.01. The molecule has 0 unspecified atom stereocenters. The van der Waals surface area contributed by atoms with Gasteiger partial charge in [0.05, 0.1) is 11.8 Å². The van der Waals surface area contributed by atoms with Crippen LogP contribution < -0.4 is 4.74 Å². The van der Waals surface area contributed by atoms with Gasteiger partial charge in [0.15, 0.2) is 0 Å². The summed E-state index contributed by atoms with van der Waals surface area (Å²) < 4.78 is 5.45. The van der Waals surface area contributed by atoms with Crippen molar-refractivity contribution in [1.82, 2.24) is 0 Å². The van der Waals surface area contributed by atoms with Gasteiger partial charge in [-0.25, -0.2) is 4.79 Å². The third-order valence-electron chi connectivity index (χ3n) is 2.89. The van der Waals surface area contributed by atoms with E-state index >= 15 is 0 Å². The molecule has 0 bridgehead atoms. The average molecular weight is 269 g/mol. The van der Waals surface area contributed by atoms with Gasteiger partial charge in [0.25, 0.3) is 0 Å². The number of rotatable bonds is 3. The molecule has 2 aromatic carbocycles. The van der Waals surface area contributed by atoms with Gasteiger partial charge in [0.2, 0.25) is 0 Å². The summed E-state index contributed by atoms with van der Waals surface area (Å²) in [6.07, 6.45) is 1.34. The lowest BCUT2D eigenvalue weighted by molar-refractivity contribution is 0.0732. The maximum absolute atomic E-state index is 12.0. The molecule has 0 aliphatic carbocycles. The van der Waals surface area contributed by atoms with E-state index in [1.165, 1.54) is 6.21 Å². The lowest BCUT2D eigenvalue weighted by Crippen LogP contribution is -2.10. The first kappa shape index (κ1) is 13.8. The second kappa shape index (κ2) is 6.02. The van der Waals surface area contributed by atoms with Crippen molar-refractivity contribution in [1.29, 1.82) is 0 Å². The largest absolute Gasteiger partial charge is 0.422 e. The van der Waals surface area contributed by atoms with E-state index in [4.69, 9.17) is 9.94 Å². The van der Waals surface area contributed by atoms with Gasteiger partial charge in [-0.1, -0.05) is 23.4 Å². The fraction of sp³-hybridized carbons (Fsp3) is 0.125. The van der Waals surface area contributed by atoms with Gasteiger partial charge in [0, 0.05) is 0 Å². The summed E-state index contributed by atoms with van der Waals surface area (Å²) in [5, 5.41) is 11.5. The minimum absolute atomic E-state index is 0.389. The number of aryl methyl sites for hydroxylation is 2. The van der Waals surface area contributed by atoms with Crippen molar-refractivity contribution in [2.24, 2.45) is 5.16 Å². The Bertz CT molecular complexity index is 625. The molecule has 4 nitrogen and oxygen atoms in total. The molecule has 0 aliphatic rings. The van der Waals surface area contributed by atoms with Crippen LogP contribution in [0.4, 0.5) is 0 Å². The minimum Gasteiger partial charge on any atom is -0.422 e. The first-order chi connectivity index (χ1) is 9.61. The highest BCUT2D eigenvalue weighted by atomic mass is 16.5. The van der Waals surface area contributed by atoms with Crippen LogP contribution >= 0.6 is 0 Å². The van der Waals surface area contributed by atoms with E-state index in [0.29, 0.717) is 11.3 Å². The standard InChI is InChI=1S/C16H15NO3/c1-11-8-13(10-17-19)9-12(2)15(11)20-16(18)14-6-4-3-5-7-14/h3-10,19H,1-2H3/b17-10+. The molecular formula is C16H15NO3. The second-order valence-corrected chi connectivity index (χ2v) is 4.48. The molecule has 0 saturated heterocycles. The van der Waals surface area contributed by atoms with Crippen molar-refractivity contribution < 1.29 is 14.7 Å². The van der Waals surface area contributed by atoms with E-state index < -0.39 is 0 Å². The third kappa shape index (κ3) is 3.03. The fourth-order valence-electron chi connectivity index (χ4n) is 2.01. The summed E-state index contributed by atoms with van der Waals surface area (Å²) >= 11 is 0. The average Bonchev–Trinajstić information content (AvgIpc) is 2.44. The van der Waals surface area contributed by atoms with Gasteiger partial charge in [-0.15, -0.1) is 0 Å². The molecule has 0 atom stereocenters. The van der Waals surface area contributed by atoms with E-state index in [1.807, 2.05) is 19.9 Å². The molecule has 1 N–H and O–H groups in total. The van der Waals surface area contributed by atoms with Gasteiger partial charge in [-0.3, -0.25) is 0 Å². The van der Waals surface area contributed by atoms with E-state index in [2.05, 4.69) is 5.16 Å². The Balaban J connectivity index is 2.28. The van der Waals surface area contributed by atoms with Crippen molar-refractivity contribution in [2.75, 3.05) is 0 Å². The predicted molar refractivity (Wildman–Crippen MR) is 76.7 cm³/mol. The van der Waals surface area contributed by atoms with Crippen LogP contribution in [0.25, 0.3) is 0 Å². The molecule has 102 valence electrons. The maximum atomic E-state index is 12.0. The highest BCUT2D eigenvalue weighted by molar-refractivity contribution is 5.91. The number of oxime groups is 1. The monoisotopic (exact) mass is 269 g/mol. The van der Waals surface area contributed by atoms with Crippen LogP contribution in [0.3, 0.4) is 0 Å². The summed E-state index contributed by atoms with van der Waals surface area (Å²) in [6, 6.07) is 12.4. The molecule has 2 rings (SSSR count). The summed E-state index contributed by atoms with van der Waals surface area (Å²) in [5.41, 5.74) is 2.88. The molecule has 0 aliphatic heterocycles. The van der Waals surface area contributed by atoms with Crippen molar-refractivity contribution in [3.05, 3.63) is 64.7 Å². The maximum Gasteiger partial charge on any atom is 0.343 e. The highest BCUT2D eigenvalue weighted by Gasteiger charge is 2.12. The van der Waals surface area contributed by atoms with E-state index in [0.717, 1.165) is 16.7 Å². The van der Waals surface area contributed by atoms with Crippen LogP contribution in [-0.2, 0) is 0 Å². The molecule has 0 radical (unpaired) electrons. The summed E-state index contributed by atoms with van der Waals surface area (Å²) in [7, 11) is 0. The van der Waals surface area contributed by atoms with Crippen molar-refractivity contribution in [3.8, 4) is 5.75 Å². The topological polar surface area (TPSA) is 58.9 Å². The molecular weight excluding hydrogens is 254 g/mol. The molecule has 0 aromatic heterocycles. The number of benzene rings is 2. The zero-order chi connectivity index (χ0) is 14.5. The smallest absolute Gasteiger partial charge is 0.343 e. The number of carbonyl (C=O) groups is 1. The van der Waals surface area contributed by atoms with Crippen molar-refractivity contribution in [2.45, 2.75) is 13.8 Å². The lowest BCUT2D eigenvalue weighted by atomic mass is 10.1. The number of hydrogen-bond acceptors (Lipinski definition) is 4. The van der Waals surface area contributed by atoms with Crippen LogP contribution in [0.5, 0.6) is 5.75 Å². The highest BCUT2D eigenvalue weighted by Crippen LogP contribution is 2.25. The quantitative estimate of drug-likeness (QED) is 0.306. The zero-order valence-corrected chi connectivity index (χ0v) is 11.3. The second-order valence-electron chi connectivity index (χ2n) is 4.48. The number of nitrogens with zero attached hydrogens (tertiary/aromatic N) is 1. The van der Waals surface area contributed by atoms with Crippen molar-refractivity contribution in [3.63, 3.8) is 0 Å². The zero-order valence-electron chi connectivity index (χ0n) is 11.3. The van der Waals surface area contributed by atoms with Gasteiger partial charge in [-0.05, 0) is 54.8 Å². The molecule has 0 heterocycles. The molecule has 20 heavy (non-hydrogen) atoms. The van der Waals surface area contributed by atoms with E-state index in [-0.39, 0.29) is 5.97 Å². The van der Waals surface area contributed by atoms with Crippen LogP contribution in [0.1, 0.15) is 27.0 Å². The molecule has 0 saturated carbocycles. The molecule has 0 fully saturated rings. The molecule has 4 heteroatoms. The number of hydrogen-bond donors (Lipinski definition) is 1. The first-order valence-electron chi connectivity index (χ1n) is 6.17. The van der Waals surface area contributed by atoms with Gasteiger partial charge in [0.1, 0.15) is 5.75 Å². The Hall–Kier alpha value is -2.62. The van der Waals surface area contributed by atoms with Crippen molar-refractivity contribution >= 4 is 12.2 Å². The Morgan fingerprint density at radius 1 is 1.15 bits per heavy atom. The Morgan fingerprint density at radius 3 is 2.30 bits per heavy atom. The van der Waals surface area contributed by atoms with Crippen LogP contribution in [0.2, 0.25) is 0 Å². The summed E-state index contributed by atoms with van der Waals surface area (Å²) in [6.45, 7) is 3.69. The SMILES string of the molecule is Cc1cc(/C=N/O)cc(C)c1OC(=O)c1ccccc1. The molecule has 0 amide bonds. The lowest BCUT2D eigenvalue weighted by Gasteiger charge is -2.11. The number of ether oxygens (including phenoxy) is 1. The van der Waals surface area contributed by atoms with Crippen LogP contribution in [0, 0.1) is 13.8 Å². The van der Waals surface area contributed by atoms with Gasteiger partial charge in [-0.2, -0.15) is 0 Å². The Labute approximate surface area is 117 Å². The molecule has 0 spiro atoms. The predicted octanol–water partition coefficient (Wildman–Crippen LogP) is 3.33. The Kier molecular flexibility index (Phi) is 4.15. The molecule has 2 aromatic rings. The third-order valence-corrected chi connectivity index (χ3v) is 2.89. The van der Waals surface area contributed by atoms with Gasteiger partial charge < -0.3 is 9.94 Å². The normalized spacial score (nSPS) is 10.7. The number of carbonyl (C=O) groups excluding carboxylic acids is 1. The number of esters is 1. The minimum atomic E-state index is -0.389. The summed E-state index contributed by atoms with van der Waals surface area (Å²) in [4.78, 5) is 12.0. The Morgan fingerprint density at radius 2 is 1.75 bits per heavy atom. The first-order valence-corrected chi connectivity index (χ1v) is 6.17. The van der Waals surface area contributed by atoms with Crippen LogP contribution in [0.15, 0.2) is 47.6 Å². The van der Waals surface area contributed by atoms with E-state index in [9.17, 15) is 4.79 Å².